The maximum Gasteiger partial charge on any atom is 0.351 e. The topological polar surface area (TPSA) is 117 Å². The minimum Gasteiger partial charge on any atom is -0.462 e. The molecule has 2 unspecified atom stereocenters. The third-order valence-corrected chi connectivity index (χ3v) is 3.79. The molecule has 4 atom stereocenters. The summed E-state index contributed by atoms with van der Waals surface area (Å²) in [4.78, 5) is 27.0. The Bertz CT molecular complexity index is 600. The number of cyclic esters (lactones) is 1. The van der Waals surface area contributed by atoms with Gasteiger partial charge in [-0.15, -0.1) is 0 Å². The molecular weight excluding hydrogens is 254 g/mol. The lowest BCUT2D eigenvalue weighted by atomic mass is 9.82. The minimum absolute atomic E-state index is 0.0695. The molecule has 0 radical (unpaired) electrons. The average Bonchev–Trinajstić information content (AvgIpc) is 2.77. The van der Waals surface area contributed by atoms with Gasteiger partial charge in [0.25, 0.3) is 0 Å². The molecule has 102 valence electrons. The van der Waals surface area contributed by atoms with E-state index in [0.29, 0.717) is 0 Å². The van der Waals surface area contributed by atoms with E-state index in [1.165, 1.54) is 12.3 Å². The molecule has 0 aromatic carbocycles. The largest absolute Gasteiger partial charge is 0.462 e. The lowest BCUT2D eigenvalue weighted by Gasteiger charge is -2.23. The molecule has 8 heteroatoms. The van der Waals surface area contributed by atoms with E-state index in [9.17, 15) is 14.7 Å². The van der Waals surface area contributed by atoms with Crippen LogP contribution in [-0.2, 0) is 14.3 Å². The Morgan fingerprint density at radius 3 is 2.95 bits per heavy atom. The van der Waals surface area contributed by atoms with Crippen molar-refractivity contribution >= 4 is 11.8 Å². The van der Waals surface area contributed by atoms with Crippen LogP contribution >= 0.6 is 0 Å². The van der Waals surface area contributed by atoms with Gasteiger partial charge in [-0.2, -0.15) is 4.98 Å². The molecule has 3 rings (SSSR count). The van der Waals surface area contributed by atoms with Gasteiger partial charge in [0.1, 0.15) is 30.0 Å². The average molecular weight is 267 g/mol. The Hall–Kier alpha value is -1.93. The number of rotatable bonds is 1. The third kappa shape index (κ3) is 1.50. The molecule has 19 heavy (non-hydrogen) atoms. The highest BCUT2D eigenvalue weighted by Crippen LogP contribution is 2.47. The Kier molecular flexibility index (Phi) is 2.41. The quantitative estimate of drug-likeness (QED) is 0.604. The maximum atomic E-state index is 11.7. The van der Waals surface area contributed by atoms with Crippen LogP contribution in [-0.4, -0.2) is 39.4 Å². The van der Waals surface area contributed by atoms with Gasteiger partial charge in [0.05, 0.1) is 0 Å². The number of fused-ring (bicyclic) bond motifs is 1. The Balaban J connectivity index is 2.01. The molecule has 3 N–H and O–H groups in total. The molecule has 0 saturated carbocycles. The fourth-order valence-electron chi connectivity index (χ4n) is 2.48. The summed E-state index contributed by atoms with van der Waals surface area (Å²) in [7, 11) is 0. The van der Waals surface area contributed by atoms with Gasteiger partial charge < -0.3 is 20.3 Å². The van der Waals surface area contributed by atoms with Gasteiger partial charge in [-0.05, 0) is 13.0 Å². The molecule has 8 nitrogen and oxygen atoms in total. The number of nitrogen functional groups attached to an aromatic ring is 1. The summed E-state index contributed by atoms with van der Waals surface area (Å²) in [5, 5.41) is 10.3. The number of nitrogens with zero attached hydrogens (tertiary/aromatic N) is 2. The monoisotopic (exact) mass is 267 g/mol. The molecule has 1 aromatic heterocycles. The number of aliphatic hydroxyl groups excluding tert-OH is 1. The van der Waals surface area contributed by atoms with Crippen molar-refractivity contribution in [2.24, 2.45) is 5.41 Å². The van der Waals surface area contributed by atoms with Gasteiger partial charge >= 0.3 is 11.7 Å². The van der Waals surface area contributed by atoms with Crippen LogP contribution in [0.25, 0.3) is 0 Å². The van der Waals surface area contributed by atoms with Gasteiger partial charge in [0, 0.05) is 6.20 Å². The first kappa shape index (κ1) is 12.1. The van der Waals surface area contributed by atoms with Gasteiger partial charge in [-0.1, -0.05) is 0 Å². The van der Waals surface area contributed by atoms with E-state index >= 15 is 0 Å². The zero-order valence-electron chi connectivity index (χ0n) is 10.1. The van der Waals surface area contributed by atoms with Crippen molar-refractivity contribution in [3.63, 3.8) is 0 Å². The van der Waals surface area contributed by atoms with E-state index in [1.54, 1.807) is 6.92 Å². The van der Waals surface area contributed by atoms with Crippen LogP contribution < -0.4 is 11.4 Å². The Morgan fingerprint density at radius 1 is 1.58 bits per heavy atom. The number of nitrogens with two attached hydrogens (primary N) is 1. The highest BCUT2D eigenvalue weighted by molar-refractivity contribution is 5.80. The summed E-state index contributed by atoms with van der Waals surface area (Å²) in [5.74, 6) is -0.441. The number of hydrogen-bond donors (Lipinski definition) is 2. The van der Waals surface area contributed by atoms with E-state index in [0.717, 1.165) is 4.57 Å². The number of ether oxygens (including phenoxy) is 2. The lowest BCUT2D eigenvalue weighted by molar-refractivity contribution is -0.151. The van der Waals surface area contributed by atoms with E-state index in [-0.39, 0.29) is 12.4 Å². The fraction of sp³-hybridized carbons (Fsp3) is 0.545. The summed E-state index contributed by atoms with van der Waals surface area (Å²) in [6.07, 6.45) is -1.35. The second kappa shape index (κ2) is 3.78. The van der Waals surface area contributed by atoms with E-state index in [1.807, 2.05) is 0 Å². The third-order valence-electron chi connectivity index (χ3n) is 3.79. The van der Waals surface area contributed by atoms with Crippen LogP contribution in [0.2, 0.25) is 0 Å². The first-order valence-corrected chi connectivity index (χ1v) is 5.80. The number of aromatic nitrogens is 2. The summed E-state index contributed by atoms with van der Waals surface area (Å²) < 4.78 is 11.6. The molecule has 3 heterocycles. The maximum absolute atomic E-state index is 11.7. The summed E-state index contributed by atoms with van der Waals surface area (Å²) in [5.41, 5.74) is 3.60. The molecule has 0 aliphatic carbocycles. The molecule has 2 saturated heterocycles. The first-order chi connectivity index (χ1) is 8.94. The van der Waals surface area contributed by atoms with Crippen molar-refractivity contribution in [3.8, 4) is 0 Å². The molecule has 0 bridgehead atoms. The van der Waals surface area contributed by atoms with Gasteiger partial charge in [-0.3, -0.25) is 9.36 Å². The number of carbonyl (C=O) groups is 1. The summed E-state index contributed by atoms with van der Waals surface area (Å²) >= 11 is 0. The fourth-order valence-corrected chi connectivity index (χ4v) is 2.48. The summed E-state index contributed by atoms with van der Waals surface area (Å²) in [6, 6.07) is 1.42. The second-order valence-corrected chi connectivity index (χ2v) is 4.88. The molecule has 2 aliphatic heterocycles. The zero-order chi connectivity index (χ0) is 13.8. The Labute approximate surface area is 107 Å². The summed E-state index contributed by atoms with van der Waals surface area (Å²) in [6.45, 7) is 1.63. The molecule has 2 fully saturated rings. The highest BCUT2D eigenvalue weighted by Gasteiger charge is 2.63. The Morgan fingerprint density at radius 2 is 2.32 bits per heavy atom. The molecule has 2 aliphatic rings. The van der Waals surface area contributed by atoms with E-state index in [2.05, 4.69) is 4.98 Å². The van der Waals surface area contributed by atoms with E-state index < -0.39 is 35.5 Å². The highest BCUT2D eigenvalue weighted by atomic mass is 16.6. The number of hydrogen-bond acceptors (Lipinski definition) is 7. The SMILES string of the molecule is CC12C(=O)OC[C@H]1O[C@@H](n1ccc(N)nc1=O)C2O. The van der Waals surface area contributed by atoms with Crippen LogP contribution in [0.4, 0.5) is 5.82 Å². The van der Waals surface area contributed by atoms with Crippen molar-refractivity contribution in [2.75, 3.05) is 12.3 Å². The van der Waals surface area contributed by atoms with Crippen molar-refractivity contribution in [3.05, 3.63) is 22.7 Å². The van der Waals surface area contributed by atoms with Crippen LogP contribution in [0.3, 0.4) is 0 Å². The van der Waals surface area contributed by atoms with Crippen LogP contribution in [0, 0.1) is 5.41 Å². The van der Waals surface area contributed by atoms with E-state index in [4.69, 9.17) is 15.2 Å². The first-order valence-electron chi connectivity index (χ1n) is 5.80. The molecule has 0 amide bonds. The lowest BCUT2D eigenvalue weighted by Crippen LogP contribution is -2.42. The second-order valence-electron chi connectivity index (χ2n) is 4.88. The van der Waals surface area contributed by atoms with Crippen molar-refractivity contribution in [2.45, 2.75) is 25.4 Å². The number of anilines is 1. The molecular formula is C11H13N3O5. The van der Waals surface area contributed by atoms with Crippen molar-refractivity contribution in [1.82, 2.24) is 9.55 Å². The van der Waals surface area contributed by atoms with Crippen LogP contribution in [0.15, 0.2) is 17.1 Å². The van der Waals surface area contributed by atoms with Crippen LogP contribution in [0.5, 0.6) is 0 Å². The van der Waals surface area contributed by atoms with Crippen LogP contribution in [0.1, 0.15) is 13.2 Å². The van der Waals surface area contributed by atoms with Crippen molar-refractivity contribution < 1.29 is 19.4 Å². The standard InChI is InChI=1S/C11H13N3O5/c1-11-5(4-18-9(11)16)19-8(7(11)15)14-3-2-6(12)13-10(14)17/h2-3,5,7-8,15H,4H2,1H3,(H2,12,13,17)/t5-,7?,8-,11?/m1/s1. The molecule has 1 aromatic rings. The molecule has 0 spiro atoms. The zero-order valence-corrected chi connectivity index (χ0v) is 10.1. The van der Waals surface area contributed by atoms with Crippen molar-refractivity contribution in [1.29, 1.82) is 0 Å². The predicted molar refractivity (Wildman–Crippen MR) is 61.9 cm³/mol. The normalized spacial score (nSPS) is 37.2. The predicted octanol–water partition coefficient (Wildman–Crippen LogP) is -1.35. The number of aliphatic hydroxyl groups is 1. The van der Waals surface area contributed by atoms with Gasteiger partial charge in [0.15, 0.2) is 6.23 Å². The number of esters is 1. The minimum atomic E-state index is -1.18. The van der Waals surface area contributed by atoms with Gasteiger partial charge in [-0.25, -0.2) is 4.79 Å². The van der Waals surface area contributed by atoms with Gasteiger partial charge in [0.2, 0.25) is 0 Å². The number of carbonyl (C=O) groups excluding carboxylic acids is 1. The smallest absolute Gasteiger partial charge is 0.351 e.